The Morgan fingerprint density at radius 1 is 1.47 bits per heavy atom. The number of carbonyl (C=O) groups excluding carboxylic acids is 1. The van der Waals surface area contributed by atoms with E-state index in [0.29, 0.717) is 24.3 Å². The fraction of sp³-hybridized carbons (Fsp3) is 0.429. The van der Waals surface area contributed by atoms with Gasteiger partial charge in [0, 0.05) is 5.69 Å². The normalized spacial score (nSPS) is 16.7. The number of nitriles is 1. The van der Waals surface area contributed by atoms with Gasteiger partial charge in [-0.05, 0) is 47.0 Å². The van der Waals surface area contributed by atoms with E-state index < -0.39 is 5.41 Å². The number of anilines is 1. The van der Waals surface area contributed by atoms with Crippen LogP contribution in [0.15, 0.2) is 22.7 Å². The summed E-state index contributed by atoms with van der Waals surface area (Å²) in [5, 5.41) is 12.1. The summed E-state index contributed by atoms with van der Waals surface area (Å²) in [5.41, 5.74) is -0.189. The Morgan fingerprint density at radius 2 is 2.16 bits per heavy atom. The summed E-state index contributed by atoms with van der Waals surface area (Å²) in [6, 6.07) is 7.50. The van der Waals surface area contributed by atoms with Crippen LogP contribution in [0, 0.1) is 16.7 Å². The van der Waals surface area contributed by atoms with Crippen LogP contribution >= 0.6 is 15.9 Å². The number of rotatable bonds is 3. The number of nitrogens with zero attached hydrogens (tertiary/aromatic N) is 1. The van der Waals surface area contributed by atoms with Gasteiger partial charge < -0.3 is 10.1 Å². The highest BCUT2D eigenvalue weighted by atomic mass is 79.9. The summed E-state index contributed by atoms with van der Waals surface area (Å²) >= 11 is 3.37. The van der Waals surface area contributed by atoms with Gasteiger partial charge in [-0.2, -0.15) is 5.26 Å². The molecule has 100 valence electrons. The molecule has 0 spiro atoms. The molecule has 1 amide bonds. The molecule has 0 aromatic heterocycles. The Labute approximate surface area is 120 Å². The van der Waals surface area contributed by atoms with Gasteiger partial charge in [0.25, 0.3) is 0 Å². The first-order chi connectivity index (χ1) is 9.11. The van der Waals surface area contributed by atoms with Crippen molar-refractivity contribution in [1.29, 1.82) is 5.26 Å². The van der Waals surface area contributed by atoms with Crippen molar-refractivity contribution in [2.24, 2.45) is 5.41 Å². The Balaban J connectivity index is 2.15. The highest BCUT2D eigenvalue weighted by Crippen LogP contribution is 2.38. The molecule has 1 aromatic rings. The number of ether oxygens (including phenoxy) is 1. The first-order valence-corrected chi connectivity index (χ1v) is 6.97. The van der Waals surface area contributed by atoms with Crippen LogP contribution in [0.1, 0.15) is 25.7 Å². The van der Waals surface area contributed by atoms with E-state index in [1.807, 2.05) is 0 Å². The van der Waals surface area contributed by atoms with Gasteiger partial charge >= 0.3 is 0 Å². The molecule has 1 fully saturated rings. The molecule has 1 saturated carbocycles. The summed E-state index contributed by atoms with van der Waals surface area (Å²) in [6.45, 7) is 0. The van der Waals surface area contributed by atoms with Gasteiger partial charge in [-0.15, -0.1) is 0 Å². The summed E-state index contributed by atoms with van der Waals surface area (Å²) in [4.78, 5) is 12.3. The number of amides is 1. The highest BCUT2D eigenvalue weighted by molar-refractivity contribution is 9.10. The SMILES string of the molecule is COc1ccc(NC(=O)C2(C#N)CCCC2)cc1Br. The van der Waals surface area contributed by atoms with E-state index in [9.17, 15) is 10.1 Å². The third kappa shape index (κ3) is 2.74. The molecule has 0 unspecified atom stereocenters. The van der Waals surface area contributed by atoms with Crippen molar-refractivity contribution in [3.8, 4) is 11.8 Å². The Morgan fingerprint density at radius 3 is 2.68 bits per heavy atom. The van der Waals surface area contributed by atoms with Gasteiger partial charge in [-0.1, -0.05) is 12.8 Å². The van der Waals surface area contributed by atoms with E-state index in [1.54, 1.807) is 25.3 Å². The van der Waals surface area contributed by atoms with Gasteiger partial charge in [0.15, 0.2) is 0 Å². The van der Waals surface area contributed by atoms with Gasteiger partial charge in [0.1, 0.15) is 11.2 Å². The van der Waals surface area contributed by atoms with Crippen LogP contribution in [-0.2, 0) is 4.79 Å². The average molecular weight is 323 g/mol. The van der Waals surface area contributed by atoms with Crippen molar-refractivity contribution >= 4 is 27.5 Å². The predicted molar refractivity (Wildman–Crippen MR) is 75.8 cm³/mol. The van der Waals surface area contributed by atoms with Crippen LogP contribution < -0.4 is 10.1 Å². The summed E-state index contributed by atoms with van der Waals surface area (Å²) in [7, 11) is 1.58. The van der Waals surface area contributed by atoms with Gasteiger partial charge in [-0.25, -0.2) is 0 Å². The molecule has 4 nitrogen and oxygen atoms in total. The maximum Gasteiger partial charge on any atom is 0.244 e. The molecule has 0 heterocycles. The number of methoxy groups -OCH3 is 1. The number of hydrogen-bond acceptors (Lipinski definition) is 3. The van der Waals surface area contributed by atoms with Crippen molar-refractivity contribution < 1.29 is 9.53 Å². The lowest BCUT2D eigenvalue weighted by atomic mass is 9.87. The molecule has 0 atom stereocenters. The van der Waals surface area contributed by atoms with Crippen molar-refractivity contribution in [3.63, 3.8) is 0 Å². The van der Waals surface area contributed by atoms with Gasteiger partial charge in [0.05, 0.1) is 17.7 Å². The maximum absolute atomic E-state index is 12.3. The second kappa shape index (κ2) is 5.62. The lowest BCUT2D eigenvalue weighted by molar-refractivity contribution is -0.122. The lowest BCUT2D eigenvalue weighted by Gasteiger charge is -2.19. The Bertz CT molecular complexity index is 531. The third-order valence-electron chi connectivity index (χ3n) is 3.52. The summed E-state index contributed by atoms with van der Waals surface area (Å²) in [6.07, 6.45) is 3.17. The zero-order valence-corrected chi connectivity index (χ0v) is 12.3. The Hall–Kier alpha value is -1.54. The minimum atomic E-state index is -0.855. The fourth-order valence-corrected chi connectivity index (χ4v) is 2.90. The second-order valence-corrected chi connectivity index (χ2v) is 5.56. The first-order valence-electron chi connectivity index (χ1n) is 6.17. The van der Waals surface area contributed by atoms with Crippen molar-refractivity contribution in [2.75, 3.05) is 12.4 Å². The standard InChI is InChI=1S/C14H15BrN2O2/c1-19-12-5-4-10(8-11(12)15)17-13(18)14(9-16)6-2-3-7-14/h4-5,8H,2-3,6-7H2,1H3,(H,17,18). The molecule has 5 heteroatoms. The van der Waals surface area contributed by atoms with E-state index >= 15 is 0 Å². The Kier molecular flexibility index (Phi) is 4.11. The topological polar surface area (TPSA) is 62.1 Å². The largest absolute Gasteiger partial charge is 0.496 e. The van der Waals surface area contributed by atoms with E-state index in [2.05, 4.69) is 27.3 Å². The van der Waals surface area contributed by atoms with Gasteiger partial charge in [0.2, 0.25) is 5.91 Å². The molecule has 1 aliphatic rings. The van der Waals surface area contributed by atoms with Crippen LogP contribution in [-0.4, -0.2) is 13.0 Å². The van der Waals surface area contributed by atoms with Crippen LogP contribution in [0.5, 0.6) is 5.75 Å². The molecule has 2 rings (SSSR count). The van der Waals surface area contributed by atoms with Crippen molar-refractivity contribution in [3.05, 3.63) is 22.7 Å². The van der Waals surface area contributed by atoms with E-state index in [-0.39, 0.29) is 5.91 Å². The number of nitrogens with one attached hydrogen (secondary N) is 1. The summed E-state index contributed by atoms with van der Waals surface area (Å²) < 4.78 is 5.90. The molecule has 0 saturated heterocycles. The molecule has 1 aliphatic carbocycles. The van der Waals surface area contributed by atoms with Crippen molar-refractivity contribution in [2.45, 2.75) is 25.7 Å². The predicted octanol–water partition coefficient (Wildman–Crippen LogP) is 3.48. The van der Waals surface area contributed by atoms with Gasteiger partial charge in [-0.3, -0.25) is 4.79 Å². The zero-order chi connectivity index (χ0) is 13.9. The lowest BCUT2D eigenvalue weighted by Crippen LogP contribution is -2.32. The number of halogens is 1. The molecular formula is C14H15BrN2O2. The first kappa shape index (κ1) is 13.9. The second-order valence-electron chi connectivity index (χ2n) is 4.70. The molecule has 1 aromatic carbocycles. The molecular weight excluding hydrogens is 308 g/mol. The third-order valence-corrected chi connectivity index (χ3v) is 4.14. The van der Waals surface area contributed by atoms with E-state index in [1.165, 1.54) is 0 Å². The molecule has 0 bridgehead atoms. The van der Waals surface area contributed by atoms with Crippen LogP contribution in [0.3, 0.4) is 0 Å². The maximum atomic E-state index is 12.3. The number of carbonyl (C=O) groups is 1. The molecule has 0 radical (unpaired) electrons. The fourth-order valence-electron chi connectivity index (χ4n) is 2.36. The van der Waals surface area contributed by atoms with Crippen molar-refractivity contribution in [1.82, 2.24) is 0 Å². The van der Waals surface area contributed by atoms with Crippen LogP contribution in [0.25, 0.3) is 0 Å². The van der Waals surface area contributed by atoms with E-state index in [4.69, 9.17) is 4.74 Å². The minimum absolute atomic E-state index is 0.204. The average Bonchev–Trinajstić information content (AvgIpc) is 2.89. The minimum Gasteiger partial charge on any atom is -0.496 e. The monoisotopic (exact) mass is 322 g/mol. The molecule has 19 heavy (non-hydrogen) atoms. The zero-order valence-electron chi connectivity index (χ0n) is 10.7. The van der Waals surface area contributed by atoms with Crippen LogP contribution in [0.4, 0.5) is 5.69 Å². The number of hydrogen-bond donors (Lipinski definition) is 1. The molecule has 0 aliphatic heterocycles. The van der Waals surface area contributed by atoms with E-state index in [0.717, 1.165) is 17.3 Å². The number of benzene rings is 1. The highest BCUT2D eigenvalue weighted by Gasteiger charge is 2.41. The quantitative estimate of drug-likeness (QED) is 0.926. The molecule has 1 N–H and O–H groups in total. The van der Waals surface area contributed by atoms with Crippen LogP contribution in [0.2, 0.25) is 0 Å². The summed E-state index contributed by atoms with van der Waals surface area (Å²) in [5.74, 6) is 0.499. The smallest absolute Gasteiger partial charge is 0.244 e.